The number of methoxy groups -OCH3 is 1. The summed E-state index contributed by atoms with van der Waals surface area (Å²) in [5, 5.41) is 50.8. The van der Waals surface area contributed by atoms with Crippen LogP contribution in [0.5, 0.6) is 0 Å². The van der Waals surface area contributed by atoms with Gasteiger partial charge in [0.05, 0.1) is 25.9 Å². The predicted octanol–water partition coefficient (Wildman–Crippen LogP) is -3.78. The van der Waals surface area contributed by atoms with E-state index in [1.807, 2.05) is 0 Å². The molecule has 1 aliphatic rings. The molecule has 128 valence electrons. The molecule has 1 fully saturated rings. The fourth-order valence-corrected chi connectivity index (χ4v) is 2.29. The molecule has 10 nitrogen and oxygen atoms in total. The van der Waals surface area contributed by atoms with Gasteiger partial charge in [-0.05, 0) is 0 Å². The number of carbonyl (C=O) groups is 2. The molecule has 1 rings (SSSR count). The lowest BCUT2D eigenvalue weighted by molar-refractivity contribution is -0.296. The van der Waals surface area contributed by atoms with Gasteiger partial charge in [-0.3, -0.25) is 4.79 Å². The molecule has 0 radical (unpaired) electrons. The van der Waals surface area contributed by atoms with Crippen LogP contribution in [0.25, 0.3) is 0 Å². The number of hydrogen-bond donors (Lipinski definition) is 6. The zero-order chi connectivity index (χ0) is 17.1. The number of amides is 1. The monoisotopic (exact) mass is 323 g/mol. The Morgan fingerprint density at radius 2 is 2.05 bits per heavy atom. The number of aliphatic hydroxyl groups is 5. The lowest BCUT2D eigenvalue weighted by Gasteiger charge is -2.45. The highest BCUT2D eigenvalue weighted by atomic mass is 16.7. The van der Waals surface area contributed by atoms with Crippen molar-refractivity contribution in [3.05, 3.63) is 0 Å². The lowest BCUT2D eigenvalue weighted by Crippen LogP contribution is -2.67. The van der Waals surface area contributed by atoms with Crippen molar-refractivity contribution in [2.45, 2.75) is 49.6 Å². The number of rotatable bonds is 5. The van der Waals surface area contributed by atoms with Gasteiger partial charge in [0, 0.05) is 13.3 Å². The molecule has 0 aliphatic carbocycles. The molecule has 0 spiro atoms. The zero-order valence-electron chi connectivity index (χ0n) is 12.2. The highest BCUT2D eigenvalue weighted by Crippen LogP contribution is 2.31. The second-order valence-electron chi connectivity index (χ2n) is 5.10. The Labute approximate surface area is 126 Å². The Kier molecular flexibility index (Phi) is 6.23. The predicted molar refractivity (Wildman–Crippen MR) is 69.2 cm³/mol. The van der Waals surface area contributed by atoms with Crippen molar-refractivity contribution < 1.29 is 44.6 Å². The van der Waals surface area contributed by atoms with Crippen molar-refractivity contribution in [3.8, 4) is 0 Å². The fourth-order valence-electron chi connectivity index (χ4n) is 2.29. The third-order valence-electron chi connectivity index (χ3n) is 3.38. The second-order valence-corrected chi connectivity index (χ2v) is 5.10. The number of carbonyl (C=O) groups excluding carboxylic acids is 2. The Morgan fingerprint density at radius 1 is 1.45 bits per heavy atom. The molecule has 0 aromatic rings. The van der Waals surface area contributed by atoms with Crippen molar-refractivity contribution >= 4 is 11.9 Å². The van der Waals surface area contributed by atoms with E-state index >= 15 is 0 Å². The van der Waals surface area contributed by atoms with E-state index in [2.05, 4.69) is 10.1 Å². The van der Waals surface area contributed by atoms with Gasteiger partial charge in [-0.15, -0.1) is 0 Å². The Balaban J connectivity index is 3.09. The first kappa shape index (κ1) is 18.7. The average Bonchev–Trinajstić information content (AvgIpc) is 2.46. The standard InChI is InChI=1S/C12H21NO9/c1-5(15)13-8-6(16)3-12(20,11(19)21-2)22-10(8)9(18)7(17)4-14/h6-10,14,16-18,20H,3-4H2,1-2H3,(H,13,15)/t6-,7?,8+,9?,10+,12-/m0/s1. The molecule has 1 amide bonds. The molecule has 0 aromatic carbocycles. The minimum Gasteiger partial charge on any atom is -0.465 e. The summed E-state index contributed by atoms with van der Waals surface area (Å²) in [5.74, 6) is -4.32. The molecule has 0 bridgehead atoms. The Hall–Kier alpha value is -1.30. The van der Waals surface area contributed by atoms with Crippen LogP contribution in [0.2, 0.25) is 0 Å². The number of ether oxygens (including phenoxy) is 2. The first-order chi connectivity index (χ1) is 10.2. The van der Waals surface area contributed by atoms with Crippen molar-refractivity contribution in [1.29, 1.82) is 0 Å². The third-order valence-corrected chi connectivity index (χ3v) is 3.38. The minimum absolute atomic E-state index is 0.563. The zero-order valence-corrected chi connectivity index (χ0v) is 12.2. The topological polar surface area (TPSA) is 166 Å². The van der Waals surface area contributed by atoms with E-state index < -0.39 is 61.1 Å². The highest BCUT2D eigenvalue weighted by molar-refractivity contribution is 5.78. The molecule has 1 saturated heterocycles. The SMILES string of the molecule is COC(=O)[C@]1(O)C[C@H](O)[C@@H](NC(C)=O)[C@H](C(O)C(O)CO)O1. The van der Waals surface area contributed by atoms with Gasteiger partial charge < -0.3 is 40.3 Å². The number of hydrogen-bond acceptors (Lipinski definition) is 9. The van der Waals surface area contributed by atoms with Gasteiger partial charge in [0.1, 0.15) is 18.3 Å². The van der Waals surface area contributed by atoms with Crippen LogP contribution < -0.4 is 5.32 Å². The van der Waals surface area contributed by atoms with E-state index in [0.29, 0.717) is 0 Å². The van der Waals surface area contributed by atoms with Gasteiger partial charge in [0.2, 0.25) is 5.91 Å². The minimum atomic E-state index is -2.55. The third kappa shape index (κ3) is 3.91. The van der Waals surface area contributed by atoms with E-state index in [1.165, 1.54) is 0 Å². The number of esters is 1. The molecule has 6 atom stereocenters. The van der Waals surface area contributed by atoms with Crippen LogP contribution in [-0.2, 0) is 19.1 Å². The van der Waals surface area contributed by atoms with Crippen LogP contribution >= 0.6 is 0 Å². The van der Waals surface area contributed by atoms with E-state index in [4.69, 9.17) is 9.84 Å². The molecular formula is C12H21NO9. The Bertz CT molecular complexity index is 417. The molecule has 6 N–H and O–H groups in total. The normalized spacial score (nSPS) is 34.6. The smallest absolute Gasteiger partial charge is 0.366 e. The fraction of sp³-hybridized carbons (Fsp3) is 0.833. The van der Waals surface area contributed by atoms with Crippen LogP contribution in [0.4, 0.5) is 0 Å². The summed E-state index contributed by atoms with van der Waals surface area (Å²) in [6.45, 7) is 0.320. The van der Waals surface area contributed by atoms with Crippen molar-refractivity contribution in [3.63, 3.8) is 0 Å². The quantitative estimate of drug-likeness (QED) is 0.278. The van der Waals surface area contributed by atoms with E-state index in [-0.39, 0.29) is 0 Å². The van der Waals surface area contributed by atoms with Crippen molar-refractivity contribution in [2.24, 2.45) is 0 Å². The highest BCUT2D eigenvalue weighted by Gasteiger charge is 2.54. The van der Waals surface area contributed by atoms with Gasteiger partial charge in [-0.25, -0.2) is 4.79 Å². The number of aliphatic hydroxyl groups excluding tert-OH is 4. The summed E-state index contributed by atoms with van der Waals surface area (Å²) >= 11 is 0. The molecule has 0 saturated carbocycles. The van der Waals surface area contributed by atoms with Crippen molar-refractivity contribution in [1.82, 2.24) is 5.32 Å². The molecule has 10 heteroatoms. The maximum absolute atomic E-state index is 11.6. The van der Waals surface area contributed by atoms with E-state index in [1.54, 1.807) is 0 Å². The van der Waals surface area contributed by atoms with Crippen molar-refractivity contribution in [2.75, 3.05) is 13.7 Å². The summed E-state index contributed by atoms with van der Waals surface area (Å²) < 4.78 is 9.45. The summed E-state index contributed by atoms with van der Waals surface area (Å²) in [5.41, 5.74) is 0. The van der Waals surface area contributed by atoms with E-state index in [9.17, 15) is 30.0 Å². The second kappa shape index (κ2) is 7.31. The van der Waals surface area contributed by atoms with Crippen LogP contribution in [0, 0.1) is 0 Å². The maximum Gasteiger partial charge on any atom is 0.366 e. The first-order valence-electron chi connectivity index (χ1n) is 6.57. The molecule has 0 aromatic heterocycles. The lowest BCUT2D eigenvalue weighted by atomic mass is 9.88. The average molecular weight is 323 g/mol. The summed E-state index contributed by atoms with van der Waals surface area (Å²) in [4.78, 5) is 22.8. The van der Waals surface area contributed by atoms with Gasteiger partial charge in [-0.2, -0.15) is 0 Å². The molecule has 1 aliphatic heterocycles. The maximum atomic E-state index is 11.6. The molecule has 1 heterocycles. The van der Waals surface area contributed by atoms with Gasteiger partial charge in [-0.1, -0.05) is 0 Å². The van der Waals surface area contributed by atoms with Crippen LogP contribution in [0.1, 0.15) is 13.3 Å². The first-order valence-corrected chi connectivity index (χ1v) is 6.57. The largest absolute Gasteiger partial charge is 0.465 e. The molecule has 22 heavy (non-hydrogen) atoms. The van der Waals surface area contributed by atoms with Gasteiger partial charge in [0.15, 0.2) is 0 Å². The number of nitrogens with one attached hydrogen (secondary N) is 1. The van der Waals surface area contributed by atoms with Gasteiger partial charge in [0.25, 0.3) is 5.79 Å². The molecular weight excluding hydrogens is 302 g/mol. The summed E-state index contributed by atoms with van der Waals surface area (Å²) in [6.07, 6.45) is -7.09. The van der Waals surface area contributed by atoms with E-state index in [0.717, 1.165) is 14.0 Å². The Morgan fingerprint density at radius 3 is 2.50 bits per heavy atom. The molecule has 2 unspecified atom stereocenters. The summed E-state index contributed by atoms with van der Waals surface area (Å²) in [6, 6.07) is -1.21. The van der Waals surface area contributed by atoms with Crippen LogP contribution in [-0.4, -0.2) is 87.4 Å². The summed E-state index contributed by atoms with van der Waals surface area (Å²) in [7, 11) is 0.990. The van der Waals surface area contributed by atoms with Crippen LogP contribution in [0.15, 0.2) is 0 Å². The van der Waals surface area contributed by atoms with Crippen LogP contribution in [0.3, 0.4) is 0 Å². The van der Waals surface area contributed by atoms with Gasteiger partial charge >= 0.3 is 5.97 Å².